The van der Waals surface area contributed by atoms with E-state index in [2.05, 4.69) is 38.3 Å². The van der Waals surface area contributed by atoms with E-state index < -0.39 is 0 Å². The Kier molecular flexibility index (Phi) is 5.25. The van der Waals surface area contributed by atoms with Crippen LogP contribution in [0, 0.1) is 5.82 Å². The van der Waals surface area contributed by atoms with E-state index in [1.807, 2.05) is 17.8 Å². The molecule has 0 saturated carbocycles. The summed E-state index contributed by atoms with van der Waals surface area (Å²) < 4.78 is 16.2. The first kappa shape index (κ1) is 15.1. The fraction of sp³-hybridized carbons (Fsp3) is 0.429. The number of rotatable bonds is 6. The molecule has 0 radical (unpaired) electrons. The van der Waals surface area contributed by atoms with Crippen molar-refractivity contribution in [1.29, 1.82) is 0 Å². The highest BCUT2D eigenvalue weighted by Crippen LogP contribution is 2.22. The number of likely N-dealkylation sites (N-methyl/N-ethyl adjacent to an activating group) is 1. The molecule has 1 heterocycles. The van der Waals surface area contributed by atoms with E-state index >= 15 is 0 Å². The molecule has 2 aromatic rings. The molecule has 0 bridgehead atoms. The van der Waals surface area contributed by atoms with Gasteiger partial charge in [0.1, 0.15) is 18.0 Å². The summed E-state index contributed by atoms with van der Waals surface area (Å²) in [6.45, 7) is 2.95. The third kappa shape index (κ3) is 3.64. The van der Waals surface area contributed by atoms with Crippen LogP contribution in [0.2, 0.25) is 0 Å². The van der Waals surface area contributed by atoms with Gasteiger partial charge in [-0.05, 0) is 37.2 Å². The average Bonchev–Trinajstić information content (AvgIpc) is 2.82. The van der Waals surface area contributed by atoms with E-state index in [0.717, 1.165) is 28.8 Å². The highest BCUT2D eigenvalue weighted by atomic mass is 79.9. The zero-order chi connectivity index (χ0) is 14.5. The molecular weight excluding hydrogens is 323 g/mol. The van der Waals surface area contributed by atoms with Crippen molar-refractivity contribution in [2.75, 3.05) is 7.05 Å². The normalized spacial score (nSPS) is 12.6. The van der Waals surface area contributed by atoms with Crippen LogP contribution in [-0.4, -0.2) is 21.8 Å². The number of nitrogens with one attached hydrogen (secondary N) is 1. The van der Waals surface area contributed by atoms with Gasteiger partial charge in [-0.1, -0.05) is 22.9 Å². The standard InChI is InChI=1S/C14H18BrFN4/c1-3-4-20-14(18-9-19-20)8-13(17-2)10-5-11(15)7-12(16)6-10/h5-7,9,13,17H,3-4,8H2,1-2H3. The Morgan fingerprint density at radius 1 is 1.40 bits per heavy atom. The number of hydrogen-bond acceptors (Lipinski definition) is 3. The highest BCUT2D eigenvalue weighted by Gasteiger charge is 2.15. The summed E-state index contributed by atoms with van der Waals surface area (Å²) in [7, 11) is 1.87. The van der Waals surface area contributed by atoms with Gasteiger partial charge >= 0.3 is 0 Å². The molecular formula is C14H18BrFN4. The van der Waals surface area contributed by atoms with E-state index in [0.29, 0.717) is 6.42 Å². The molecule has 0 saturated heterocycles. The summed E-state index contributed by atoms with van der Waals surface area (Å²) in [6, 6.07) is 4.93. The van der Waals surface area contributed by atoms with Gasteiger partial charge in [0.15, 0.2) is 0 Å². The van der Waals surface area contributed by atoms with Crippen molar-refractivity contribution in [3.05, 3.63) is 46.2 Å². The molecule has 1 N–H and O–H groups in total. The number of aryl methyl sites for hydroxylation is 1. The predicted octanol–water partition coefficient (Wildman–Crippen LogP) is 3.09. The van der Waals surface area contributed by atoms with Crippen molar-refractivity contribution in [1.82, 2.24) is 20.1 Å². The number of nitrogens with zero attached hydrogens (tertiary/aromatic N) is 3. The first-order chi connectivity index (χ1) is 9.63. The zero-order valence-corrected chi connectivity index (χ0v) is 13.2. The maximum Gasteiger partial charge on any atom is 0.138 e. The predicted molar refractivity (Wildman–Crippen MR) is 79.9 cm³/mol. The molecule has 0 fully saturated rings. The largest absolute Gasteiger partial charge is 0.313 e. The summed E-state index contributed by atoms with van der Waals surface area (Å²) in [5, 5.41) is 7.43. The van der Waals surface area contributed by atoms with Crippen LogP contribution in [-0.2, 0) is 13.0 Å². The Labute approximate surface area is 126 Å². The number of hydrogen-bond donors (Lipinski definition) is 1. The van der Waals surface area contributed by atoms with Crippen LogP contribution in [0.4, 0.5) is 4.39 Å². The lowest BCUT2D eigenvalue weighted by Gasteiger charge is -2.17. The molecule has 4 nitrogen and oxygen atoms in total. The minimum Gasteiger partial charge on any atom is -0.313 e. The second kappa shape index (κ2) is 6.95. The molecule has 1 unspecified atom stereocenters. The Balaban J connectivity index is 2.22. The highest BCUT2D eigenvalue weighted by molar-refractivity contribution is 9.10. The van der Waals surface area contributed by atoms with E-state index in [-0.39, 0.29) is 11.9 Å². The van der Waals surface area contributed by atoms with Gasteiger partial charge in [0.2, 0.25) is 0 Å². The van der Waals surface area contributed by atoms with Crippen LogP contribution < -0.4 is 5.32 Å². The third-order valence-electron chi connectivity index (χ3n) is 3.15. The van der Waals surface area contributed by atoms with E-state index in [4.69, 9.17) is 0 Å². The molecule has 108 valence electrons. The average molecular weight is 341 g/mol. The zero-order valence-electron chi connectivity index (χ0n) is 11.6. The molecule has 1 atom stereocenters. The molecule has 20 heavy (non-hydrogen) atoms. The quantitative estimate of drug-likeness (QED) is 0.878. The molecule has 0 amide bonds. The van der Waals surface area contributed by atoms with Gasteiger partial charge in [-0.25, -0.2) is 9.37 Å². The first-order valence-electron chi connectivity index (χ1n) is 6.64. The van der Waals surface area contributed by atoms with Gasteiger partial charge in [-0.2, -0.15) is 5.10 Å². The third-order valence-corrected chi connectivity index (χ3v) is 3.61. The van der Waals surface area contributed by atoms with Crippen LogP contribution in [0.25, 0.3) is 0 Å². The minimum absolute atomic E-state index is 0.00167. The van der Waals surface area contributed by atoms with Crippen LogP contribution >= 0.6 is 15.9 Å². The summed E-state index contributed by atoms with van der Waals surface area (Å²) in [4.78, 5) is 4.30. The molecule has 1 aromatic heterocycles. The lowest BCUT2D eigenvalue weighted by Crippen LogP contribution is -2.21. The summed E-state index contributed by atoms with van der Waals surface area (Å²) in [5.74, 6) is 0.663. The monoisotopic (exact) mass is 340 g/mol. The lowest BCUT2D eigenvalue weighted by molar-refractivity contribution is 0.514. The minimum atomic E-state index is -0.246. The van der Waals surface area contributed by atoms with Gasteiger partial charge in [-0.3, -0.25) is 4.68 Å². The van der Waals surface area contributed by atoms with Gasteiger partial charge in [0.05, 0.1) is 0 Å². The Morgan fingerprint density at radius 2 is 2.20 bits per heavy atom. The Morgan fingerprint density at radius 3 is 2.85 bits per heavy atom. The number of aromatic nitrogens is 3. The fourth-order valence-corrected chi connectivity index (χ4v) is 2.67. The van der Waals surface area contributed by atoms with Crippen molar-refractivity contribution in [3.63, 3.8) is 0 Å². The molecule has 0 aliphatic carbocycles. The number of halogens is 2. The maximum absolute atomic E-state index is 13.5. The molecule has 0 aliphatic heterocycles. The fourth-order valence-electron chi connectivity index (χ4n) is 2.19. The van der Waals surface area contributed by atoms with E-state index in [9.17, 15) is 4.39 Å². The Bertz CT molecular complexity index is 550. The van der Waals surface area contributed by atoms with E-state index in [1.54, 1.807) is 12.4 Å². The van der Waals surface area contributed by atoms with Crippen LogP contribution in [0.5, 0.6) is 0 Å². The molecule has 0 spiro atoms. The van der Waals surface area contributed by atoms with Gasteiger partial charge in [0, 0.05) is 23.5 Å². The van der Waals surface area contributed by atoms with Crippen molar-refractivity contribution < 1.29 is 4.39 Å². The van der Waals surface area contributed by atoms with Crippen molar-refractivity contribution in [3.8, 4) is 0 Å². The van der Waals surface area contributed by atoms with Crippen LogP contribution in [0.15, 0.2) is 29.0 Å². The summed E-state index contributed by atoms with van der Waals surface area (Å²) in [6.07, 6.45) is 3.25. The van der Waals surface area contributed by atoms with Crippen LogP contribution in [0.1, 0.15) is 30.8 Å². The molecule has 6 heteroatoms. The summed E-state index contributed by atoms with van der Waals surface area (Å²) in [5.41, 5.74) is 0.894. The van der Waals surface area contributed by atoms with Crippen molar-refractivity contribution in [2.45, 2.75) is 32.4 Å². The number of benzene rings is 1. The second-order valence-electron chi connectivity index (χ2n) is 4.65. The van der Waals surface area contributed by atoms with Gasteiger partial charge < -0.3 is 5.32 Å². The second-order valence-corrected chi connectivity index (χ2v) is 5.56. The van der Waals surface area contributed by atoms with Gasteiger partial charge in [0.25, 0.3) is 0 Å². The lowest BCUT2D eigenvalue weighted by atomic mass is 10.0. The summed E-state index contributed by atoms with van der Waals surface area (Å²) >= 11 is 3.33. The van der Waals surface area contributed by atoms with Crippen LogP contribution in [0.3, 0.4) is 0 Å². The maximum atomic E-state index is 13.5. The molecule has 1 aromatic carbocycles. The first-order valence-corrected chi connectivity index (χ1v) is 7.43. The van der Waals surface area contributed by atoms with Crippen molar-refractivity contribution in [2.24, 2.45) is 0 Å². The van der Waals surface area contributed by atoms with Gasteiger partial charge in [-0.15, -0.1) is 0 Å². The molecule has 2 rings (SSSR count). The smallest absolute Gasteiger partial charge is 0.138 e. The van der Waals surface area contributed by atoms with Crippen molar-refractivity contribution >= 4 is 15.9 Å². The Hall–Kier alpha value is -1.27. The molecule has 0 aliphatic rings. The topological polar surface area (TPSA) is 42.7 Å². The van der Waals surface area contributed by atoms with E-state index in [1.165, 1.54) is 6.07 Å². The SMILES string of the molecule is CCCn1ncnc1CC(NC)c1cc(F)cc(Br)c1.